The topological polar surface area (TPSA) is 40.9 Å². The van der Waals surface area contributed by atoms with Crippen LogP contribution in [0.2, 0.25) is 0 Å². The van der Waals surface area contributed by atoms with Crippen molar-refractivity contribution in [3.63, 3.8) is 0 Å². The smallest absolute Gasteiger partial charge is 0.206 e. The van der Waals surface area contributed by atoms with Gasteiger partial charge >= 0.3 is 0 Å². The number of hydrogen-bond donors (Lipinski definition) is 1. The van der Waals surface area contributed by atoms with Crippen LogP contribution >= 0.6 is 12.6 Å². The Balaban J connectivity index is 2.71. The molecule has 0 spiro atoms. The second-order valence-electron chi connectivity index (χ2n) is 2.35. The van der Waals surface area contributed by atoms with Gasteiger partial charge < -0.3 is 0 Å². The number of carbonyl (C=O) groups excluding carboxylic acids is 1. The van der Waals surface area contributed by atoms with E-state index in [1.54, 1.807) is 0 Å². The van der Waals surface area contributed by atoms with Crippen molar-refractivity contribution in [2.24, 2.45) is 5.41 Å². The largest absolute Gasteiger partial charge is 0.286 e. The highest BCUT2D eigenvalue weighted by molar-refractivity contribution is 7.96. The van der Waals surface area contributed by atoms with Gasteiger partial charge in [0.2, 0.25) is 5.12 Å². The van der Waals surface area contributed by atoms with Crippen molar-refractivity contribution in [2.75, 3.05) is 0 Å². The van der Waals surface area contributed by atoms with E-state index >= 15 is 0 Å². The lowest BCUT2D eigenvalue weighted by Crippen LogP contribution is -2.33. The minimum absolute atomic E-state index is 0.267. The van der Waals surface area contributed by atoms with Gasteiger partial charge in [0.25, 0.3) is 0 Å². The Morgan fingerprint density at radius 2 is 2.22 bits per heavy atom. The lowest BCUT2D eigenvalue weighted by atomic mass is 9.71. The number of nitriles is 1. The molecular formula is C6H7NOS. The van der Waals surface area contributed by atoms with Crippen LogP contribution in [0.5, 0.6) is 0 Å². The number of thiol groups is 1. The minimum atomic E-state index is -0.705. The third-order valence-electron chi connectivity index (χ3n) is 1.83. The normalized spacial score (nSPS) is 21.8. The highest BCUT2D eigenvalue weighted by Crippen LogP contribution is 2.41. The van der Waals surface area contributed by atoms with Crippen LogP contribution in [0.3, 0.4) is 0 Å². The van der Waals surface area contributed by atoms with E-state index in [2.05, 4.69) is 12.6 Å². The summed E-state index contributed by atoms with van der Waals surface area (Å²) >= 11 is 3.63. The van der Waals surface area contributed by atoms with Gasteiger partial charge in [0, 0.05) is 0 Å². The Bertz CT molecular complexity index is 178. The van der Waals surface area contributed by atoms with Gasteiger partial charge in [-0.2, -0.15) is 5.26 Å². The van der Waals surface area contributed by atoms with Crippen molar-refractivity contribution in [1.29, 1.82) is 5.26 Å². The van der Waals surface area contributed by atoms with E-state index in [4.69, 9.17) is 5.26 Å². The van der Waals surface area contributed by atoms with E-state index < -0.39 is 5.41 Å². The number of carbonyl (C=O) groups is 1. The summed E-state index contributed by atoms with van der Waals surface area (Å²) in [6.45, 7) is 0. The molecule has 1 saturated carbocycles. The van der Waals surface area contributed by atoms with Crippen molar-refractivity contribution in [1.82, 2.24) is 0 Å². The molecule has 0 amide bonds. The molecule has 1 aliphatic carbocycles. The summed E-state index contributed by atoms with van der Waals surface area (Å²) < 4.78 is 0. The predicted octanol–water partition coefficient (Wildman–Crippen LogP) is 1.14. The lowest BCUT2D eigenvalue weighted by Gasteiger charge is -2.31. The molecule has 0 aliphatic heterocycles. The molecule has 1 fully saturated rings. The summed E-state index contributed by atoms with van der Waals surface area (Å²) in [6, 6.07) is 1.99. The average Bonchev–Trinajstić information content (AvgIpc) is 1.62. The van der Waals surface area contributed by atoms with E-state index in [1.165, 1.54) is 0 Å². The molecule has 0 aromatic rings. The van der Waals surface area contributed by atoms with E-state index in [1.807, 2.05) is 6.07 Å². The first kappa shape index (κ1) is 6.63. The van der Waals surface area contributed by atoms with E-state index in [-0.39, 0.29) is 5.12 Å². The molecule has 0 saturated heterocycles. The van der Waals surface area contributed by atoms with Gasteiger partial charge in [-0.1, -0.05) is 0 Å². The molecule has 48 valence electrons. The van der Waals surface area contributed by atoms with Gasteiger partial charge in [-0.25, -0.2) is 0 Å². The van der Waals surface area contributed by atoms with E-state index in [0.717, 1.165) is 6.42 Å². The molecule has 3 heteroatoms. The Morgan fingerprint density at radius 1 is 1.67 bits per heavy atom. The number of rotatable bonds is 1. The molecule has 0 atom stereocenters. The molecule has 0 aromatic heterocycles. The SMILES string of the molecule is N#CC1(C(=O)S)CCC1. The third kappa shape index (κ3) is 0.836. The fraction of sp³-hybridized carbons (Fsp3) is 0.667. The fourth-order valence-corrected chi connectivity index (χ4v) is 1.18. The Kier molecular flexibility index (Phi) is 1.50. The Hall–Kier alpha value is -0.490. The number of nitrogens with zero attached hydrogens (tertiary/aromatic N) is 1. The summed E-state index contributed by atoms with van der Waals surface area (Å²) in [6.07, 6.45) is 2.39. The average molecular weight is 141 g/mol. The molecule has 9 heavy (non-hydrogen) atoms. The monoisotopic (exact) mass is 141 g/mol. The summed E-state index contributed by atoms with van der Waals surface area (Å²) in [5.74, 6) is 0. The van der Waals surface area contributed by atoms with Gasteiger partial charge in [0.15, 0.2) is 0 Å². The van der Waals surface area contributed by atoms with Crippen LogP contribution in [0, 0.1) is 16.7 Å². The standard InChI is InChI=1S/C6H7NOS/c7-4-6(5(8)9)2-1-3-6/h1-3H2,(H,8,9). The summed E-state index contributed by atoms with van der Waals surface area (Å²) in [5, 5.41) is 8.22. The molecule has 1 aliphatic rings. The second kappa shape index (κ2) is 2.03. The van der Waals surface area contributed by atoms with Gasteiger partial charge in [-0.05, 0) is 19.3 Å². The van der Waals surface area contributed by atoms with Crippen LogP contribution in [0.1, 0.15) is 19.3 Å². The molecule has 0 unspecified atom stereocenters. The van der Waals surface area contributed by atoms with Gasteiger partial charge in [0.05, 0.1) is 6.07 Å². The summed E-state index contributed by atoms with van der Waals surface area (Å²) in [5.41, 5.74) is -0.705. The maximum absolute atomic E-state index is 10.6. The molecular weight excluding hydrogens is 134 g/mol. The second-order valence-corrected chi connectivity index (χ2v) is 2.76. The molecule has 0 radical (unpaired) electrons. The first-order valence-corrected chi connectivity index (χ1v) is 3.31. The highest BCUT2D eigenvalue weighted by atomic mass is 32.1. The van der Waals surface area contributed by atoms with Crippen LogP contribution in [-0.4, -0.2) is 5.12 Å². The van der Waals surface area contributed by atoms with Crippen LogP contribution in [0.4, 0.5) is 0 Å². The Morgan fingerprint density at radius 3 is 2.22 bits per heavy atom. The van der Waals surface area contributed by atoms with Crippen molar-refractivity contribution >= 4 is 17.7 Å². The van der Waals surface area contributed by atoms with Crippen molar-refractivity contribution in [2.45, 2.75) is 19.3 Å². The van der Waals surface area contributed by atoms with Crippen molar-refractivity contribution in [3.05, 3.63) is 0 Å². The molecule has 0 bridgehead atoms. The first-order valence-electron chi connectivity index (χ1n) is 2.86. The van der Waals surface area contributed by atoms with Gasteiger partial charge in [0.1, 0.15) is 5.41 Å². The predicted molar refractivity (Wildman–Crippen MR) is 35.9 cm³/mol. The van der Waals surface area contributed by atoms with Gasteiger partial charge in [-0.3, -0.25) is 4.79 Å². The zero-order valence-corrected chi connectivity index (χ0v) is 5.82. The van der Waals surface area contributed by atoms with Crippen molar-refractivity contribution < 1.29 is 4.79 Å². The Labute approximate surface area is 59.3 Å². The first-order chi connectivity index (χ1) is 4.21. The van der Waals surface area contributed by atoms with Crippen LogP contribution in [0.25, 0.3) is 0 Å². The molecule has 1 rings (SSSR count). The summed E-state index contributed by atoms with van der Waals surface area (Å²) in [4.78, 5) is 10.6. The maximum Gasteiger partial charge on any atom is 0.206 e. The molecule has 0 aromatic carbocycles. The van der Waals surface area contributed by atoms with E-state index in [9.17, 15) is 4.79 Å². The molecule has 2 nitrogen and oxygen atoms in total. The molecule has 0 heterocycles. The van der Waals surface area contributed by atoms with Crippen molar-refractivity contribution in [3.8, 4) is 6.07 Å². The van der Waals surface area contributed by atoms with Crippen LogP contribution < -0.4 is 0 Å². The zero-order chi connectivity index (χ0) is 6.91. The highest BCUT2D eigenvalue weighted by Gasteiger charge is 2.42. The third-order valence-corrected chi connectivity index (χ3v) is 2.26. The fourth-order valence-electron chi connectivity index (χ4n) is 0.904. The quantitative estimate of drug-likeness (QED) is 0.556. The lowest BCUT2D eigenvalue weighted by molar-refractivity contribution is -0.120. The van der Waals surface area contributed by atoms with Crippen LogP contribution in [-0.2, 0) is 4.79 Å². The number of hydrogen-bond acceptors (Lipinski definition) is 2. The zero-order valence-electron chi connectivity index (χ0n) is 4.92. The maximum atomic E-state index is 10.6. The minimum Gasteiger partial charge on any atom is -0.286 e. The van der Waals surface area contributed by atoms with Crippen LogP contribution in [0.15, 0.2) is 0 Å². The van der Waals surface area contributed by atoms with Gasteiger partial charge in [-0.15, -0.1) is 12.6 Å². The molecule has 0 N–H and O–H groups in total. The summed E-state index contributed by atoms with van der Waals surface area (Å²) in [7, 11) is 0. The van der Waals surface area contributed by atoms with E-state index in [0.29, 0.717) is 12.8 Å².